The Morgan fingerprint density at radius 1 is 0.902 bits per heavy atom. The number of rotatable bonds is 11. The molecule has 8 nitrogen and oxygen atoms in total. The van der Waals surface area contributed by atoms with Crippen LogP contribution in [0.15, 0.2) is 0 Å². The van der Waals surface area contributed by atoms with Crippen LogP contribution in [0.4, 0.5) is 0 Å². The normalized spacial score (nSPS) is 28.3. The van der Waals surface area contributed by atoms with E-state index < -0.39 is 16.7 Å². The summed E-state index contributed by atoms with van der Waals surface area (Å²) < 4.78 is 19.2. The van der Waals surface area contributed by atoms with Gasteiger partial charge in [0, 0.05) is 29.5 Å². The molecule has 2 fully saturated rings. The van der Waals surface area contributed by atoms with Crippen LogP contribution in [0.1, 0.15) is 136 Å². The summed E-state index contributed by atoms with van der Waals surface area (Å²) in [7, 11) is 0. The van der Waals surface area contributed by atoms with Crippen LogP contribution in [0.25, 0.3) is 0 Å². The maximum atomic E-state index is 13.2. The van der Waals surface area contributed by atoms with Crippen LogP contribution in [0.3, 0.4) is 0 Å². The van der Waals surface area contributed by atoms with Gasteiger partial charge in [-0.3, -0.25) is 14.9 Å². The van der Waals surface area contributed by atoms with Gasteiger partial charge in [0.1, 0.15) is 11.8 Å². The molecule has 3 unspecified atom stereocenters. The first-order chi connectivity index (χ1) is 18.1. The SMILES string of the molecule is CC(COC1CC(C)(C)N(OCC(C)(C)O)C(C)(C)C1)OC1(C)CC(OC(=O)C(C)(C)CC(C)(C)C)CC(C)(C)N1. The Hall–Kier alpha value is -0.770. The van der Waals surface area contributed by atoms with Gasteiger partial charge >= 0.3 is 5.97 Å². The minimum Gasteiger partial charge on any atom is -0.462 e. The highest BCUT2D eigenvalue weighted by atomic mass is 16.7. The maximum Gasteiger partial charge on any atom is 0.311 e. The molecule has 0 aromatic heterocycles. The molecule has 0 saturated carbocycles. The Labute approximate surface area is 251 Å². The van der Waals surface area contributed by atoms with Gasteiger partial charge in [-0.15, -0.1) is 0 Å². The number of piperidine rings is 2. The van der Waals surface area contributed by atoms with Gasteiger partial charge in [-0.05, 0) is 108 Å². The number of nitrogens with one attached hydrogen (secondary N) is 1. The fraction of sp³-hybridized carbons (Fsp3) is 0.970. The second kappa shape index (κ2) is 12.3. The van der Waals surface area contributed by atoms with Crippen molar-refractivity contribution in [3.8, 4) is 0 Å². The monoisotopic (exact) mass is 584 g/mol. The highest BCUT2D eigenvalue weighted by Crippen LogP contribution is 2.41. The molecular formula is C33H64N2O6. The number of hydrogen-bond acceptors (Lipinski definition) is 8. The zero-order valence-electron chi connectivity index (χ0n) is 29.1. The highest BCUT2D eigenvalue weighted by molar-refractivity contribution is 5.76. The van der Waals surface area contributed by atoms with Gasteiger partial charge in [0.25, 0.3) is 0 Å². The molecule has 0 amide bonds. The number of hydrogen-bond donors (Lipinski definition) is 2. The van der Waals surface area contributed by atoms with E-state index in [1.807, 2.05) is 25.8 Å². The minimum atomic E-state index is -0.899. The Morgan fingerprint density at radius 3 is 1.93 bits per heavy atom. The average molecular weight is 585 g/mol. The second-order valence-corrected chi connectivity index (χ2v) is 17.6. The third-order valence-electron chi connectivity index (χ3n) is 7.89. The fourth-order valence-corrected chi connectivity index (χ4v) is 7.37. The van der Waals surface area contributed by atoms with E-state index in [1.54, 1.807) is 13.8 Å². The number of esters is 1. The summed E-state index contributed by atoms with van der Waals surface area (Å²) in [6.45, 7) is 31.6. The van der Waals surface area contributed by atoms with Gasteiger partial charge in [-0.1, -0.05) is 20.8 Å². The van der Waals surface area contributed by atoms with Crippen LogP contribution in [-0.4, -0.2) is 75.6 Å². The predicted octanol–water partition coefficient (Wildman–Crippen LogP) is 6.38. The summed E-state index contributed by atoms with van der Waals surface area (Å²) in [5.74, 6) is -0.142. The molecule has 0 aliphatic carbocycles. The van der Waals surface area contributed by atoms with Gasteiger partial charge in [0.15, 0.2) is 0 Å². The highest BCUT2D eigenvalue weighted by Gasteiger charge is 2.48. The maximum absolute atomic E-state index is 13.2. The van der Waals surface area contributed by atoms with Crippen molar-refractivity contribution < 1.29 is 28.9 Å². The van der Waals surface area contributed by atoms with Gasteiger partial charge in [0.05, 0.1) is 36.4 Å². The van der Waals surface area contributed by atoms with Crippen LogP contribution >= 0.6 is 0 Å². The van der Waals surface area contributed by atoms with E-state index in [-0.39, 0.29) is 52.9 Å². The molecule has 0 aromatic rings. The first-order valence-corrected chi connectivity index (χ1v) is 15.6. The quantitative estimate of drug-likeness (QED) is 0.270. The summed E-state index contributed by atoms with van der Waals surface area (Å²) in [4.78, 5) is 19.3. The molecule has 0 bridgehead atoms. The number of carbonyl (C=O) groups is 1. The lowest BCUT2D eigenvalue weighted by molar-refractivity contribution is -0.309. The van der Waals surface area contributed by atoms with Crippen molar-refractivity contribution in [2.75, 3.05) is 13.2 Å². The molecule has 2 aliphatic heterocycles. The summed E-state index contributed by atoms with van der Waals surface area (Å²) in [5, 5.41) is 15.9. The van der Waals surface area contributed by atoms with Crippen LogP contribution in [0.2, 0.25) is 0 Å². The van der Waals surface area contributed by atoms with Gasteiger partial charge in [-0.25, -0.2) is 0 Å². The Balaban J connectivity index is 2.00. The van der Waals surface area contributed by atoms with Crippen molar-refractivity contribution in [2.24, 2.45) is 10.8 Å². The molecule has 3 atom stereocenters. The van der Waals surface area contributed by atoms with E-state index in [0.717, 1.165) is 25.7 Å². The van der Waals surface area contributed by atoms with Gasteiger partial charge < -0.3 is 19.3 Å². The summed E-state index contributed by atoms with van der Waals surface area (Å²) >= 11 is 0. The zero-order chi connectivity index (χ0) is 31.9. The second-order valence-electron chi connectivity index (χ2n) is 17.6. The standard InChI is InChI=1S/C33H64N2O6/c1-23(20-38-24-17-30(9,10)35(31(11,12)18-24)39-22-32(13,14)37)41-33(15)19-25(16-29(7,8)34-33)40-26(36)28(5,6)21-27(2,3)4/h23-25,34,37H,16-22H2,1-15H3. The summed E-state index contributed by atoms with van der Waals surface area (Å²) in [6.07, 6.45) is 3.33. The van der Waals surface area contributed by atoms with Crippen LogP contribution in [-0.2, 0) is 23.8 Å². The number of aliphatic hydroxyl groups is 1. The molecule has 8 heteroatoms. The van der Waals surface area contributed by atoms with Gasteiger partial charge in [-0.2, -0.15) is 5.06 Å². The van der Waals surface area contributed by atoms with Crippen molar-refractivity contribution in [3.05, 3.63) is 0 Å². The lowest BCUT2D eigenvalue weighted by Crippen LogP contribution is -2.64. The molecular weight excluding hydrogens is 520 g/mol. The third-order valence-corrected chi connectivity index (χ3v) is 7.89. The van der Waals surface area contributed by atoms with Crippen LogP contribution < -0.4 is 5.32 Å². The van der Waals surface area contributed by atoms with E-state index >= 15 is 0 Å². The molecule has 2 saturated heterocycles. The smallest absolute Gasteiger partial charge is 0.311 e. The summed E-state index contributed by atoms with van der Waals surface area (Å²) in [6, 6.07) is 0. The molecule has 0 aromatic carbocycles. The lowest BCUT2D eigenvalue weighted by Gasteiger charge is -2.54. The Bertz CT molecular complexity index is 867. The van der Waals surface area contributed by atoms with Crippen molar-refractivity contribution in [1.82, 2.24) is 10.4 Å². The van der Waals surface area contributed by atoms with E-state index in [1.165, 1.54) is 0 Å². The third kappa shape index (κ3) is 11.3. The van der Waals surface area contributed by atoms with E-state index in [9.17, 15) is 9.90 Å². The number of ether oxygens (including phenoxy) is 3. The minimum absolute atomic E-state index is 0.0351. The molecule has 0 spiro atoms. The average Bonchev–Trinajstić information content (AvgIpc) is 2.65. The van der Waals surface area contributed by atoms with Crippen molar-refractivity contribution in [3.63, 3.8) is 0 Å². The Morgan fingerprint density at radius 2 is 1.44 bits per heavy atom. The largest absolute Gasteiger partial charge is 0.462 e. The molecule has 2 N–H and O–H groups in total. The summed E-state index contributed by atoms with van der Waals surface area (Å²) in [5.41, 5.74) is -2.85. The van der Waals surface area contributed by atoms with E-state index in [4.69, 9.17) is 19.0 Å². The lowest BCUT2D eigenvalue weighted by atomic mass is 9.76. The topological polar surface area (TPSA) is 89.5 Å². The van der Waals surface area contributed by atoms with E-state index in [2.05, 4.69) is 74.6 Å². The molecule has 0 radical (unpaired) electrons. The van der Waals surface area contributed by atoms with Crippen molar-refractivity contribution >= 4 is 5.97 Å². The molecule has 242 valence electrons. The van der Waals surface area contributed by atoms with Gasteiger partial charge in [0.2, 0.25) is 0 Å². The molecule has 41 heavy (non-hydrogen) atoms. The van der Waals surface area contributed by atoms with Crippen LogP contribution in [0.5, 0.6) is 0 Å². The predicted molar refractivity (Wildman–Crippen MR) is 164 cm³/mol. The first-order valence-electron chi connectivity index (χ1n) is 15.6. The molecule has 2 aliphatic rings. The molecule has 2 rings (SSSR count). The van der Waals surface area contributed by atoms with Crippen molar-refractivity contribution in [1.29, 1.82) is 0 Å². The molecule has 2 heterocycles. The zero-order valence-corrected chi connectivity index (χ0v) is 29.1. The number of carbonyl (C=O) groups excluding carboxylic acids is 1. The first kappa shape index (κ1) is 36.4. The Kier molecular flexibility index (Phi) is 10.9. The van der Waals surface area contributed by atoms with E-state index in [0.29, 0.717) is 13.0 Å². The van der Waals surface area contributed by atoms with Crippen LogP contribution in [0, 0.1) is 10.8 Å². The number of nitrogens with zero attached hydrogens (tertiary/aromatic N) is 1. The number of hydroxylamine groups is 2. The fourth-order valence-electron chi connectivity index (χ4n) is 7.37. The van der Waals surface area contributed by atoms with Crippen molar-refractivity contribution in [2.45, 2.75) is 182 Å².